The number of hydrogen-bond acceptors (Lipinski definition) is 0. The van der Waals surface area contributed by atoms with Gasteiger partial charge in [0.2, 0.25) is 0 Å². The molecule has 0 rings (SSSR count). The summed E-state index contributed by atoms with van der Waals surface area (Å²) in [6, 6.07) is 0.610. The van der Waals surface area contributed by atoms with Crippen LogP contribution in [0.15, 0.2) is 24.3 Å². The number of allylic oxidation sites excluding steroid dienone is 3. The van der Waals surface area contributed by atoms with Crippen LogP contribution in [0.25, 0.3) is 0 Å². The number of nitrogens with zero attached hydrogens (tertiary/aromatic N) is 1. The van der Waals surface area contributed by atoms with Gasteiger partial charge in [0.15, 0.2) is 6.21 Å². The fraction of sp³-hybridized carbons (Fsp3) is 0.545. The molecule has 0 saturated heterocycles. The van der Waals surface area contributed by atoms with Crippen molar-refractivity contribution in [3.63, 3.8) is 0 Å². The van der Waals surface area contributed by atoms with Crippen molar-refractivity contribution in [3.05, 3.63) is 24.3 Å². The second kappa shape index (κ2) is 5.76. The number of rotatable bonds is 4. The predicted octanol–water partition coefficient (Wildman–Crippen LogP) is 2.63. The van der Waals surface area contributed by atoms with Crippen molar-refractivity contribution in [3.8, 4) is 0 Å². The van der Waals surface area contributed by atoms with Crippen LogP contribution in [0.3, 0.4) is 0 Å². The van der Waals surface area contributed by atoms with E-state index in [-0.39, 0.29) is 0 Å². The van der Waals surface area contributed by atoms with Gasteiger partial charge >= 0.3 is 0 Å². The molecule has 0 aromatic rings. The lowest BCUT2D eigenvalue weighted by Crippen LogP contribution is -2.18. The molecule has 68 valence electrons. The highest BCUT2D eigenvalue weighted by Crippen LogP contribution is 1.94. The van der Waals surface area contributed by atoms with E-state index in [2.05, 4.69) is 44.3 Å². The van der Waals surface area contributed by atoms with Crippen LogP contribution in [0.2, 0.25) is 0 Å². The highest BCUT2D eigenvalue weighted by molar-refractivity contribution is 5.68. The zero-order valence-corrected chi connectivity index (χ0v) is 8.67. The summed E-state index contributed by atoms with van der Waals surface area (Å²) in [7, 11) is 2.10. The van der Waals surface area contributed by atoms with Crippen molar-refractivity contribution in [2.24, 2.45) is 0 Å². The van der Waals surface area contributed by atoms with Gasteiger partial charge in [-0.1, -0.05) is 19.6 Å². The Kier molecular flexibility index (Phi) is 5.35. The van der Waals surface area contributed by atoms with Gasteiger partial charge in [-0.2, -0.15) is 0 Å². The Balaban J connectivity index is 4.26. The van der Waals surface area contributed by atoms with Crippen LogP contribution in [0.4, 0.5) is 0 Å². The fourth-order valence-electron chi connectivity index (χ4n) is 0.738. The minimum Gasteiger partial charge on any atom is -0.236 e. The Labute approximate surface area is 76.1 Å². The maximum Gasteiger partial charge on any atom is 0.163 e. The van der Waals surface area contributed by atoms with Crippen LogP contribution < -0.4 is 0 Å². The normalized spacial score (nSPS) is 16.0. The molecule has 0 heterocycles. The molecule has 0 aliphatic rings. The molecule has 0 unspecified atom stereocenters. The Morgan fingerprint density at radius 1 is 1.58 bits per heavy atom. The van der Waals surface area contributed by atoms with Crippen molar-refractivity contribution >= 4 is 6.21 Å². The topological polar surface area (TPSA) is 3.01 Å². The molecule has 1 atom stereocenters. The summed E-state index contributed by atoms with van der Waals surface area (Å²) in [6.07, 6.45) is 7.22. The fourth-order valence-corrected chi connectivity index (χ4v) is 0.738. The second-order valence-electron chi connectivity index (χ2n) is 3.19. The maximum absolute atomic E-state index is 3.70. The summed E-state index contributed by atoms with van der Waals surface area (Å²) in [4.78, 5) is 0. The molecule has 1 nitrogen and oxygen atoms in total. The molecule has 0 aromatic heterocycles. The smallest absolute Gasteiger partial charge is 0.163 e. The minimum atomic E-state index is 0.610. The van der Waals surface area contributed by atoms with Crippen LogP contribution in [-0.4, -0.2) is 23.9 Å². The highest BCUT2D eigenvalue weighted by Gasteiger charge is 2.04. The molecular weight excluding hydrogens is 146 g/mol. The summed E-state index contributed by atoms with van der Waals surface area (Å²) < 4.78 is 2.22. The van der Waals surface area contributed by atoms with E-state index in [4.69, 9.17) is 0 Å². The van der Waals surface area contributed by atoms with Crippen molar-refractivity contribution in [1.29, 1.82) is 0 Å². The van der Waals surface area contributed by atoms with Gasteiger partial charge in [0.25, 0.3) is 0 Å². The summed E-state index contributed by atoms with van der Waals surface area (Å²) >= 11 is 0. The standard InChI is InChI=1S/C11H20N/c1-6-10(3)8-9-12(5)11(4)7-2/h6,8-9,11H,1,7H2,2-5H3/q+1/b10-8+,12-9?/t11-/m1/s1. The van der Waals surface area contributed by atoms with E-state index in [0.29, 0.717) is 6.04 Å². The minimum absolute atomic E-state index is 0.610. The third kappa shape index (κ3) is 4.12. The van der Waals surface area contributed by atoms with Gasteiger partial charge in [0, 0.05) is 12.5 Å². The van der Waals surface area contributed by atoms with Crippen LogP contribution >= 0.6 is 0 Å². The van der Waals surface area contributed by atoms with Gasteiger partial charge in [0.1, 0.15) is 13.1 Å². The highest BCUT2D eigenvalue weighted by atomic mass is 15.0. The van der Waals surface area contributed by atoms with Gasteiger partial charge < -0.3 is 0 Å². The Bertz CT molecular complexity index is 199. The monoisotopic (exact) mass is 166 g/mol. The first-order chi connectivity index (χ1) is 5.61. The van der Waals surface area contributed by atoms with Gasteiger partial charge in [-0.15, -0.1) is 0 Å². The zero-order chi connectivity index (χ0) is 9.56. The first kappa shape index (κ1) is 11.2. The lowest BCUT2D eigenvalue weighted by molar-refractivity contribution is -0.529. The Morgan fingerprint density at radius 3 is 2.58 bits per heavy atom. The average molecular weight is 166 g/mol. The van der Waals surface area contributed by atoms with E-state index in [9.17, 15) is 0 Å². The summed E-state index contributed by atoms with van der Waals surface area (Å²) in [5.74, 6) is 0. The van der Waals surface area contributed by atoms with Crippen molar-refractivity contribution in [2.45, 2.75) is 33.2 Å². The van der Waals surface area contributed by atoms with Gasteiger partial charge in [-0.05, 0) is 19.4 Å². The zero-order valence-electron chi connectivity index (χ0n) is 8.67. The number of hydrogen-bond donors (Lipinski definition) is 0. The third-order valence-corrected chi connectivity index (χ3v) is 2.18. The Hall–Kier alpha value is -0.850. The molecule has 0 aromatic carbocycles. The molecule has 0 radical (unpaired) electrons. The first-order valence-corrected chi connectivity index (χ1v) is 4.48. The Morgan fingerprint density at radius 2 is 2.17 bits per heavy atom. The van der Waals surface area contributed by atoms with Gasteiger partial charge in [-0.25, -0.2) is 4.58 Å². The van der Waals surface area contributed by atoms with Crippen LogP contribution in [-0.2, 0) is 0 Å². The molecule has 12 heavy (non-hydrogen) atoms. The van der Waals surface area contributed by atoms with Crippen molar-refractivity contribution in [1.82, 2.24) is 0 Å². The van der Waals surface area contributed by atoms with Crippen LogP contribution in [0, 0.1) is 0 Å². The van der Waals surface area contributed by atoms with Crippen LogP contribution in [0.1, 0.15) is 27.2 Å². The molecule has 0 N–H and O–H groups in total. The van der Waals surface area contributed by atoms with E-state index in [1.54, 1.807) is 0 Å². The van der Waals surface area contributed by atoms with Crippen molar-refractivity contribution in [2.75, 3.05) is 7.05 Å². The van der Waals surface area contributed by atoms with Gasteiger partial charge in [0.05, 0.1) is 0 Å². The van der Waals surface area contributed by atoms with Crippen molar-refractivity contribution < 1.29 is 4.58 Å². The summed E-state index contributed by atoms with van der Waals surface area (Å²) in [5, 5.41) is 0. The largest absolute Gasteiger partial charge is 0.236 e. The molecule has 1 heteroatoms. The predicted molar refractivity (Wildman–Crippen MR) is 56.0 cm³/mol. The summed E-state index contributed by atoms with van der Waals surface area (Å²) in [5.41, 5.74) is 1.20. The van der Waals surface area contributed by atoms with E-state index in [1.807, 2.05) is 13.0 Å². The molecule has 0 spiro atoms. The van der Waals surface area contributed by atoms with E-state index in [0.717, 1.165) is 0 Å². The lowest BCUT2D eigenvalue weighted by Gasteiger charge is -2.02. The van der Waals surface area contributed by atoms with Crippen LogP contribution in [0.5, 0.6) is 0 Å². The molecule has 0 aliphatic carbocycles. The molecule has 0 saturated carbocycles. The molecule has 0 fully saturated rings. The maximum atomic E-state index is 3.70. The second-order valence-corrected chi connectivity index (χ2v) is 3.19. The average Bonchev–Trinajstić information content (AvgIpc) is 2.11. The van der Waals surface area contributed by atoms with E-state index in [1.165, 1.54) is 12.0 Å². The van der Waals surface area contributed by atoms with E-state index < -0.39 is 0 Å². The summed E-state index contributed by atoms with van der Waals surface area (Å²) in [6.45, 7) is 10.2. The quantitative estimate of drug-likeness (QED) is 0.343. The van der Waals surface area contributed by atoms with Gasteiger partial charge in [-0.3, -0.25) is 0 Å². The SMILES string of the molecule is C=C/C(C)=C/C=[N+](C)[C@H](C)CC. The molecular formula is C11H20N+. The third-order valence-electron chi connectivity index (χ3n) is 2.18. The van der Waals surface area contributed by atoms with E-state index >= 15 is 0 Å². The molecule has 0 amide bonds. The molecule has 0 bridgehead atoms. The molecule has 0 aliphatic heterocycles. The lowest BCUT2D eigenvalue weighted by atomic mass is 10.2. The first-order valence-electron chi connectivity index (χ1n) is 4.48.